The molecule has 0 amide bonds. The topological polar surface area (TPSA) is 55.1 Å². The molecule has 0 aliphatic heterocycles. The second-order valence-electron chi connectivity index (χ2n) is 2.16. The van der Waals surface area contributed by atoms with Crippen LogP contribution in [0.15, 0.2) is 25.0 Å². The molecule has 1 aromatic heterocycles. The van der Waals surface area contributed by atoms with Crippen molar-refractivity contribution in [3.8, 4) is 0 Å². The quantitative estimate of drug-likeness (QED) is 0.669. The molecule has 0 aliphatic carbocycles. The Balaban J connectivity index is 2.94. The van der Waals surface area contributed by atoms with Crippen LogP contribution in [0.1, 0.15) is 6.04 Å². The van der Waals surface area contributed by atoms with Gasteiger partial charge in [0.2, 0.25) is 0 Å². The second-order valence-corrected chi connectivity index (χ2v) is 3.40. The summed E-state index contributed by atoms with van der Waals surface area (Å²) >= 11 is 2.06. The minimum Gasteiger partial charge on any atom is -0.479 e. The Labute approximate surface area is 83.0 Å². The molecule has 1 aromatic rings. The first-order chi connectivity index (χ1) is 5.65. The van der Waals surface area contributed by atoms with Gasteiger partial charge in [0.1, 0.15) is 0 Å². The van der Waals surface area contributed by atoms with E-state index >= 15 is 0 Å². The van der Waals surface area contributed by atoms with Crippen LogP contribution in [0.25, 0.3) is 0 Å². The van der Waals surface area contributed by atoms with Crippen molar-refractivity contribution >= 4 is 28.6 Å². The Hall–Kier alpha value is -0.850. The highest BCUT2D eigenvalue weighted by atomic mass is 127. The van der Waals surface area contributed by atoms with Crippen molar-refractivity contribution in [1.82, 2.24) is 9.78 Å². The maximum Gasteiger partial charge on any atom is 0.332 e. The standard InChI is InChI=1S/C7H7IN2O2/c1-2-6(7(11)12)10-4-5(8)3-9-10/h2-4,6H,1H2,(H,11,12). The molecule has 0 fully saturated rings. The summed E-state index contributed by atoms with van der Waals surface area (Å²) in [5.74, 6) is -0.954. The van der Waals surface area contributed by atoms with E-state index in [2.05, 4.69) is 34.3 Å². The molecule has 1 unspecified atom stereocenters. The van der Waals surface area contributed by atoms with Gasteiger partial charge in [-0.25, -0.2) is 4.79 Å². The number of aromatic nitrogens is 2. The summed E-state index contributed by atoms with van der Waals surface area (Å²) in [6.07, 6.45) is 4.59. The van der Waals surface area contributed by atoms with E-state index in [9.17, 15) is 4.79 Å². The highest BCUT2D eigenvalue weighted by Crippen LogP contribution is 2.09. The fourth-order valence-electron chi connectivity index (χ4n) is 0.789. The molecule has 0 aliphatic rings. The van der Waals surface area contributed by atoms with Gasteiger partial charge in [-0.2, -0.15) is 5.10 Å². The SMILES string of the molecule is C=CC(C(=O)O)n1cc(I)cn1. The molecular formula is C7H7IN2O2. The van der Waals surface area contributed by atoms with Crippen LogP contribution in [0.3, 0.4) is 0 Å². The molecule has 0 spiro atoms. The lowest BCUT2D eigenvalue weighted by Gasteiger charge is -2.05. The third kappa shape index (κ3) is 1.84. The molecular weight excluding hydrogens is 271 g/mol. The van der Waals surface area contributed by atoms with Crippen LogP contribution >= 0.6 is 22.6 Å². The fourth-order valence-corrected chi connectivity index (χ4v) is 1.20. The summed E-state index contributed by atoms with van der Waals surface area (Å²) in [4.78, 5) is 10.6. The summed E-state index contributed by atoms with van der Waals surface area (Å²) in [6.45, 7) is 3.42. The average Bonchev–Trinajstić information content (AvgIpc) is 2.37. The lowest BCUT2D eigenvalue weighted by Crippen LogP contribution is -2.16. The van der Waals surface area contributed by atoms with Crippen LogP contribution in [0.4, 0.5) is 0 Å². The number of nitrogens with zero attached hydrogens (tertiary/aromatic N) is 2. The van der Waals surface area contributed by atoms with Crippen molar-refractivity contribution in [3.63, 3.8) is 0 Å². The molecule has 1 heterocycles. The Morgan fingerprint density at radius 2 is 2.58 bits per heavy atom. The van der Waals surface area contributed by atoms with Crippen LogP contribution in [0.5, 0.6) is 0 Å². The van der Waals surface area contributed by atoms with Gasteiger partial charge in [-0.1, -0.05) is 6.08 Å². The predicted octanol–water partition coefficient (Wildman–Crippen LogP) is 1.30. The van der Waals surface area contributed by atoms with E-state index in [-0.39, 0.29) is 0 Å². The number of hydrogen-bond donors (Lipinski definition) is 1. The van der Waals surface area contributed by atoms with Gasteiger partial charge in [-0.15, -0.1) is 6.58 Å². The summed E-state index contributed by atoms with van der Waals surface area (Å²) in [5, 5.41) is 12.6. The van der Waals surface area contributed by atoms with E-state index < -0.39 is 12.0 Å². The summed E-state index contributed by atoms with van der Waals surface area (Å²) in [5.41, 5.74) is 0. The van der Waals surface area contributed by atoms with Crippen LogP contribution in [0.2, 0.25) is 0 Å². The van der Waals surface area contributed by atoms with Crippen LogP contribution < -0.4 is 0 Å². The molecule has 12 heavy (non-hydrogen) atoms. The van der Waals surface area contributed by atoms with Gasteiger partial charge in [0.05, 0.1) is 9.77 Å². The summed E-state index contributed by atoms with van der Waals surface area (Å²) in [6, 6.07) is -0.770. The average molecular weight is 278 g/mol. The molecule has 1 N–H and O–H groups in total. The molecule has 0 aromatic carbocycles. The van der Waals surface area contributed by atoms with E-state index in [1.54, 1.807) is 12.4 Å². The molecule has 4 nitrogen and oxygen atoms in total. The third-order valence-corrected chi connectivity index (χ3v) is 1.89. The molecule has 1 rings (SSSR count). The van der Waals surface area contributed by atoms with Gasteiger partial charge in [0, 0.05) is 6.20 Å². The van der Waals surface area contributed by atoms with Gasteiger partial charge < -0.3 is 5.11 Å². The lowest BCUT2D eigenvalue weighted by atomic mass is 10.3. The largest absolute Gasteiger partial charge is 0.479 e. The first kappa shape index (κ1) is 9.24. The van der Waals surface area contributed by atoms with Gasteiger partial charge in [0.15, 0.2) is 6.04 Å². The Morgan fingerprint density at radius 1 is 1.92 bits per heavy atom. The van der Waals surface area contributed by atoms with Crippen molar-refractivity contribution in [2.24, 2.45) is 0 Å². The van der Waals surface area contributed by atoms with Gasteiger partial charge >= 0.3 is 5.97 Å². The van der Waals surface area contributed by atoms with Crippen LogP contribution in [-0.2, 0) is 4.79 Å². The number of carboxylic acid groups (broad SMARTS) is 1. The third-order valence-electron chi connectivity index (χ3n) is 1.33. The zero-order valence-corrected chi connectivity index (χ0v) is 8.30. The van der Waals surface area contributed by atoms with Gasteiger partial charge in [-0.3, -0.25) is 4.68 Å². The normalized spacial score (nSPS) is 12.4. The molecule has 0 bridgehead atoms. The zero-order chi connectivity index (χ0) is 9.14. The Morgan fingerprint density at radius 3 is 2.92 bits per heavy atom. The molecule has 1 atom stereocenters. The molecule has 0 saturated heterocycles. The zero-order valence-electron chi connectivity index (χ0n) is 6.14. The number of rotatable bonds is 3. The van der Waals surface area contributed by atoms with E-state index in [0.717, 1.165) is 3.57 Å². The van der Waals surface area contributed by atoms with Crippen molar-refractivity contribution in [3.05, 3.63) is 28.6 Å². The smallest absolute Gasteiger partial charge is 0.332 e. The Bertz CT molecular complexity index is 308. The molecule has 64 valence electrons. The number of carboxylic acids is 1. The fraction of sp³-hybridized carbons (Fsp3) is 0.143. The number of hydrogen-bond acceptors (Lipinski definition) is 2. The highest BCUT2D eigenvalue weighted by molar-refractivity contribution is 14.1. The summed E-state index contributed by atoms with van der Waals surface area (Å²) in [7, 11) is 0. The van der Waals surface area contributed by atoms with E-state index in [1.807, 2.05) is 0 Å². The predicted molar refractivity (Wildman–Crippen MR) is 51.8 cm³/mol. The van der Waals surface area contributed by atoms with Crippen LogP contribution in [0, 0.1) is 3.57 Å². The minimum atomic E-state index is -0.954. The first-order valence-electron chi connectivity index (χ1n) is 3.20. The van der Waals surface area contributed by atoms with Crippen molar-refractivity contribution < 1.29 is 9.90 Å². The monoisotopic (exact) mass is 278 g/mol. The number of aliphatic carboxylic acids is 1. The maximum absolute atomic E-state index is 10.6. The van der Waals surface area contributed by atoms with Gasteiger partial charge in [0.25, 0.3) is 0 Å². The first-order valence-corrected chi connectivity index (χ1v) is 4.28. The molecule has 0 saturated carbocycles. The van der Waals surface area contributed by atoms with Crippen molar-refractivity contribution in [1.29, 1.82) is 0 Å². The second kappa shape index (κ2) is 3.70. The van der Waals surface area contributed by atoms with E-state index in [4.69, 9.17) is 5.11 Å². The molecule has 5 heteroatoms. The molecule has 0 radical (unpaired) electrons. The highest BCUT2D eigenvalue weighted by Gasteiger charge is 2.15. The number of carbonyl (C=O) groups is 1. The lowest BCUT2D eigenvalue weighted by molar-refractivity contribution is -0.139. The van der Waals surface area contributed by atoms with Crippen molar-refractivity contribution in [2.75, 3.05) is 0 Å². The van der Waals surface area contributed by atoms with Crippen molar-refractivity contribution in [2.45, 2.75) is 6.04 Å². The minimum absolute atomic E-state index is 0.770. The Kier molecular flexibility index (Phi) is 2.85. The summed E-state index contributed by atoms with van der Waals surface area (Å²) < 4.78 is 2.26. The van der Waals surface area contributed by atoms with E-state index in [0.29, 0.717) is 0 Å². The number of halogens is 1. The van der Waals surface area contributed by atoms with E-state index in [1.165, 1.54) is 10.8 Å². The maximum atomic E-state index is 10.6. The van der Waals surface area contributed by atoms with Gasteiger partial charge in [-0.05, 0) is 22.6 Å². The van der Waals surface area contributed by atoms with Crippen LogP contribution in [-0.4, -0.2) is 20.9 Å².